The molecule has 4 nitrogen and oxygen atoms in total. The number of aliphatic hydroxyl groups is 1. The zero-order valence-electron chi connectivity index (χ0n) is 9.88. The van der Waals surface area contributed by atoms with E-state index in [4.69, 9.17) is 4.74 Å². The van der Waals surface area contributed by atoms with E-state index in [-0.39, 0.29) is 6.10 Å². The van der Waals surface area contributed by atoms with Crippen LogP contribution in [-0.2, 0) is 13.5 Å². The van der Waals surface area contributed by atoms with E-state index in [0.717, 1.165) is 27.9 Å². The van der Waals surface area contributed by atoms with Gasteiger partial charge in [-0.25, -0.2) is 0 Å². The molecule has 0 radical (unpaired) electrons. The number of aliphatic hydroxyl groups excluding tert-OH is 1. The van der Waals surface area contributed by atoms with Crippen LogP contribution in [0.4, 0.5) is 0 Å². The molecular formula is C13H13BrN2O2. The van der Waals surface area contributed by atoms with Crippen molar-refractivity contribution >= 4 is 15.9 Å². The molecule has 2 unspecified atom stereocenters. The Hall–Kier alpha value is -1.33. The van der Waals surface area contributed by atoms with E-state index in [1.807, 2.05) is 31.3 Å². The molecular weight excluding hydrogens is 296 g/mol. The maximum atomic E-state index is 10.4. The van der Waals surface area contributed by atoms with E-state index in [1.165, 1.54) is 0 Å². The summed E-state index contributed by atoms with van der Waals surface area (Å²) < 4.78 is 8.26. The van der Waals surface area contributed by atoms with Crippen molar-refractivity contribution in [1.82, 2.24) is 9.78 Å². The lowest BCUT2D eigenvalue weighted by Gasteiger charge is -2.18. The van der Waals surface area contributed by atoms with E-state index >= 15 is 0 Å². The van der Waals surface area contributed by atoms with Crippen LogP contribution in [0.3, 0.4) is 0 Å². The molecule has 1 aliphatic heterocycles. The van der Waals surface area contributed by atoms with E-state index in [0.29, 0.717) is 0 Å². The fraction of sp³-hybridized carbons (Fsp3) is 0.308. The quantitative estimate of drug-likeness (QED) is 0.925. The molecule has 5 heteroatoms. The van der Waals surface area contributed by atoms with Gasteiger partial charge in [-0.3, -0.25) is 4.68 Å². The monoisotopic (exact) mass is 308 g/mol. The Kier molecular flexibility index (Phi) is 2.87. The number of fused-ring (bicyclic) bond motifs is 1. The van der Waals surface area contributed by atoms with E-state index in [2.05, 4.69) is 21.0 Å². The molecule has 0 saturated carbocycles. The first-order chi connectivity index (χ1) is 8.66. The summed E-state index contributed by atoms with van der Waals surface area (Å²) in [4.78, 5) is 0. The van der Waals surface area contributed by atoms with Gasteiger partial charge in [-0.05, 0) is 27.6 Å². The lowest BCUT2D eigenvalue weighted by Crippen LogP contribution is -2.25. The number of nitrogens with zero attached hydrogens (tertiary/aromatic N) is 2. The fourth-order valence-corrected chi connectivity index (χ4v) is 2.90. The van der Waals surface area contributed by atoms with Crippen LogP contribution in [0.2, 0.25) is 0 Å². The Morgan fingerprint density at radius 1 is 1.50 bits per heavy atom. The lowest BCUT2D eigenvalue weighted by atomic mass is 10.0. The standard InChI is InChI=1S/C13H13BrN2O2/c1-16-12(9(14)7-15-16)13(17)11-6-8-4-2-3-5-10(8)18-11/h2-5,7,11,13,17H,6H2,1H3. The van der Waals surface area contributed by atoms with Gasteiger partial charge >= 0.3 is 0 Å². The van der Waals surface area contributed by atoms with Gasteiger partial charge in [0, 0.05) is 13.5 Å². The molecule has 0 fully saturated rings. The summed E-state index contributed by atoms with van der Waals surface area (Å²) in [5.74, 6) is 0.861. The number of rotatable bonds is 2. The van der Waals surface area contributed by atoms with Crippen LogP contribution in [0.5, 0.6) is 5.75 Å². The first kappa shape index (κ1) is 11.7. The molecule has 2 aromatic rings. The molecule has 2 heterocycles. The van der Waals surface area contributed by atoms with Gasteiger partial charge in [-0.2, -0.15) is 5.10 Å². The van der Waals surface area contributed by atoms with Crippen LogP contribution in [0.25, 0.3) is 0 Å². The second-order valence-corrected chi connectivity index (χ2v) is 5.27. The predicted octanol–water partition coefficient (Wildman–Crippen LogP) is 2.22. The Bertz CT molecular complexity index is 538. The van der Waals surface area contributed by atoms with Crippen molar-refractivity contribution in [2.24, 2.45) is 7.05 Å². The molecule has 0 spiro atoms. The minimum atomic E-state index is -0.695. The van der Waals surface area contributed by atoms with Crippen molar-refractivity contribution in [3.63, 3.8) is 0 Å². The largest absolute Gasteiger partial charge is 0.487 e. The van der Waals surface area contributed by atoms with Crippen molar-refractivity contribution in [2.45, 2.75) is 18.6 Å². The van der Waals surface area contributed by atoms with Crippen LogP contribution >= 0.6 is 15.9 Å². The average Bonchev–Trinajstić information content (AvgIpc) is 2.92. The minimum Gasteiger partial charge on any atom is -0.487 e. The Morgan fingerprint density at radius 2 is 2.28 bits per heavy atom. The summed E-state index contributed by atoms with van der Waals surface area (Å²) >= 11 is 3.40. The van der Waals surface area contributed by atoms with Crippen LogP contribution in [0.15, 0.2) is 34.9 Å². The lowest BCUT2D eigenvalue weighted by molar-refractivity contribution is 0.0431. The molecule has 1 aromatic carbocycles. The second-order valence-electron chi connectivity index (χ2n) is 4.41. The van der Waals surface area contributed by atoms with Crippen LogP contribution in [-0.4, -0.2) is 21.0 Å². The fourth-order valence-electron chi connectivity index (χ4n) is 2.31. The molecule has 1 N–H and O–H groups in total. The van der Waals surface area contributed by atoms with Crippen LogP contribution < -0.4 is 4.74 Å². The van der Waals surface area contributed by atoms with E-state index in [1.54, 1.807) is 10.9 Å². The van der Waals surface area contributed by atoms with Crippen molar-refractivity contribution in [3.05, 3.63) is 46.2 Å². The third-order valence-electron chi connectivity index (χ3n) is 3.24. The van der Waals surface area contributed by atoms with Crippen molar-refractivity contribution in [1.29, 1.82) is 0 Å². The third-order valence-corrected chi connectivity index (χ3v) is 3.85. The second kappa shape index (κ2) is 4.40. The van der Waals surface area contributed by atoms with Gasteiger partial charge in [-0.15, -0.1) is 0 Å². The topological polar surface area (TPSA) is 47.3 Å². The number of hydrogen-bond acceptors (Lipinski definition) is 3. The molecule has 0 aliphatic carbocycles. The normalized spacial score (nSPS) is 19.4. The van der Waals surface area contributed by atoms with Gasteiger partial charge in [0.25, 0.3) is 0 Å². The highest BCUT2D eigenvalue weighted by Gasteiger charge is 2.32. The van der Waals surface area contributed by atoms with Gasteiger partial charge in [-0.1, -0.05) is 18.2 Å². The Morgan fingerprint density at radius 3 is 2.94 bits per heavy atom. The van der Waals surface area contributed by atoms with Gasteiger partial charge < -0.3 is 9.84 Å². The minimum absolute atomic E-state index is 0.255. The van der Waals surface area contributed by atoms with Gasteiger partial charge in [0.2, 0.25) is 0 Å². The number of aryl methyl sites for hydroxylation is 1. The molecule has 0 amide bonds. The van der Waals surface area contributed by atoms with Crippen molar-refractivity contribution in [2.75, 3.05) is 0 Å². The molecule has 94 valence electrons. The van der Waals surface area contributed by atoms with Crippen LogP contribution in [0.1, 0.15) is 17.4 Å². The maximum Gasteiger partial charge on any atom is 0.134 e. The first-order valence-electron chi connectivity index (χ1n) is 5.77. The number of para-hydroxylation sites is 1. The average molecular weight is 309 g/mol. The highest BCUT2D eigenvalue weighted by Crippen LogP contribution is 2.35. The van der Waals surface area contributed by atoms with E-state index < -0.39 is 6.10 Å². The van der Waals surface area contributed by atoms with E-state index in [9.17, 15) is 5.11 Å². The summed E-state index contributed by atoms with van der Waals surface area (Å²) in [5, 5.41) is 14.5. The first-order valence-corrected chi connectivity index (χ1v) is 6.56. The van der Waals surface area contributed by atoms with Gasteiger partial charge in [0.1, 0.15) is 18.0 Å². The van der Waals surface area contributed by atoms with Gasteiger partial charge in [0.15, 0.2) is 0 Å². The highest BCUT2D eigenvalue weighted by molar-refractivity contribution is 9.10. The molecule has 0 saturated heterocycles. The molecule has 1 aliphatic rings. The summed E-state index contributed by atoms with van der Waals surface area (Å²) in [6.45, 7) is 0. The predicted molar refractivity (Wildman–Crippen MR) is 70.4 cm³/mol. The summed E-state index contributed by atoms with van der Waals surface area (Å²) in [6, 6.07) is 7.88. The zero-order chi connectivity index (χ0) is 12.7. The summed E-state index contributed by atoms with van der Waals surface area (Å²) in [5.41, 5.74) is 1.88. The smallest absolute Gasteiger partial charge is 0.134 e. The Balaban J connectivity index is 1.87. The SMILES string of the molecule is Cn1ncc(Br)c1C(O)C1Cc2ccccc2O1. The van der Waals surface area contributed by atoms with Crippen molar-refractivity contribution < 1.29 is 9.84 Å². The molecule has 2 atom stereocenters. The summed E-state index contributed by atoms with van der Waals surface area (Å²) in [7, 11) is 1.81. The van der Waals surface area contributed by atoms with Crippen molar-refractivity contribution in [3.8, 4) is 5.75 Å². The van der Waals surface area contributed by atoms with Gasteiger partial charge in [0.05, 0.1) is 16.4 Å². The third kappa shape index (κ3) is 1.83. The zero-order valence-corrected chi connectivity index (χ0v) is 11.5. The molecule has 1 aromatic heterocycles. The Labute approximate surface area is 113 Å². The molecule has 18 heavy (non-hydrogen) atoms. The summed E-state index contributed by atoms with van der Waals surface area (Å²) in [6.07, 6.45) is 1.45. The number of ether oxygens (including phenoxy) is 1. The molecule has 3 rings (SSSR count). The number of hydrogen-bond donors (Lipinski definition) is 1. The number of benzene rings is 1. The van der Waals surface area contributed by atoms with Crippen LogP contribution in [0, 0.1) is 0 Å². The molecule has 0 bridgehead atoms. The highest BCUT2D eigenvalue weighted by atomic mass is 79.9. The number of aromatic nitrogens is 2. The number of halogens is 1. The maximum absolute atomic E-state index is 10.4.